The zero-order chi connectivity index (χ0) is 23.0. The summed E-state index contributed by atoms with van der Waals surface area (Å²) in [6.45, 7) is 6.98. The summed E-state index contributed by atoms with van der Waals surface area (Å²) in [6.07, 6.45) is 0.940. The van der Waals surface area contributed by atoms with Crippen LogP contribution in [0.4, 0.5) is 5.69 Å². The molecule has 0 spiro atoms. The molecule has 0 aliphatic carbocycles. The van der Waals surface area contributed by atoms with Crippen molar-refractivity contribution in [2.24, 2.45) is 5.92 Å². The molecule has 0 saturated carbocycles. The van der Waals surface area contributed by atoms with Gasteiger partial charge in [-0.1, -0.05) is 17.4 Å². The standard InChI is InChI=1S/C23H27N3O4S2/c1-4-26-20-6-5-19(14-21(20)31-23(26)28)32(29,30)25-9-7-17(8-10-25)22(27)24-18-12-15(2)11-16(3)13-18/h5-6,11-14,17H,4,7-10H2,1-3H3,(H,24,27). The van der Waals surface area contributed by atoms with Crippen LogP contribution in [0.15, 0.2) is 46.1 Å². The van der Waals surface area contributed by atoms with Gasteiger partial charge in [0.05, 0.1) is 15.1 Å². The number of thiazole rings is 1. The van der Waals surface area contributed by atoms with E-state index in [1.807, 2.05) is 39.0 Å². The van der Waals surface area contributed by atoms with Crippen molar-refractivity contribution in [1.82, 2.24) is 8.87 Å². The fourth-order valence-corrected chi connectivity index (χ4v) is 6.87. The molecule has 0 radical (unpaired) electrons. The Morgan fingerprint density at radius 3 is 2.38 bits per heavy atom. The molecule has 3 aromatic rings. The van der Waals surface area contributed by atoms with Crippen molar-refractivity contribution in [2.75, 3.05) is 18.4 Å². The number of carbonyl (C=O) groups is 1. The molecule has 1 aromatic heterocycles. The number of hydrogen-bond acceptors (Lipinski definition) is 5. The number of amides is 1. The van der Waals surface area contributed by atoms with Crippen molar-refractivity contribution in [3.8, 4) is 0 Å². The predicted octanol–water partition coefficient (Wildman–Crippen LogP) is 3.74. The molecule has 1 saturated heterocycles. The zero-order valence-electron chi connectivity index (χ0n) is 18.4. The average molecular weight is 474 g/mol. The number of benzene rings is 2. The zero-order valence-corrected chi connectivity index (χ0v) is 20.1. The summed E-state index contributed by atoms with van der Waals surface area (Å²) < 4.78 is 30.1. The molecule has 0 atom stereocenters. The first kappa shape index (κ1) is 22.7. The monoisotopic (exact) mass is 473 g/mol. The second-order valence-corrected chi connectivity index (χ2v) is 11.2. The van der Waals surface area contributed by atoms with Crippen LogP contribution >= 0.6 is 11.3 Å². The Labute approximate surface area is 191 Å². The second-order valence-electron chi connectivity index (χ2n) is 8.29. The van der Waals surface area contributed by atoms with Gasteiger partial charge in [0.25, 0.3) is 0 Å². The van der Waals surface area contributed by atoms with Gasteiger partial charge in [-0.2, -0.15) is 4.31 Å². The van der Waals surface area contributed by atoms with Crippen LogP contribution in [0.25, 0.3) is 10.2 Å². The van der Waals surface area contributed by atoms with Crippen LogP contribution < -0.4 is 10.2 Å². The van der Waals surface area contributed by atoms with E-state index in [0.717, 1.165) is 33.7 Å². The third kappa shape index (κ3) is 4.37. The van der Waals surface area contributed by atoms with E-state index in [4.69, 9.17) is 0 Å². The van der Waals surface area contributed by atoms with Crippen LogP contribution in [-0.4, -0.2) is 36.3 Å². The summed E-state index contributed by atoms with van der Waals surface area (Å²) in [4.78, 5) is 24.9. The van der Waals surface area contributed by atoms with Gasteiger partial charge in [-0.15, -0.1) is 0 Å². The van der Waals surface area contributed by atoms with E-state index in [1.54, 1.807) is 22.8 Å². The van der Waals surface area contributed by atoms with Gasteiger partial charge in [-0.05, 0) is 75.1 Å². The lowest BCUT2D eigenvalue weighted by Crippen LogP contribution is -2.41. The Bertz CT molecular complexity index is 1310. The Hall–Kier alpha value is -2.49. The third-order valence-electron chi connectivity index (χ3n) is 5.91. The van der Waals surface area contributed by atoms with Gasteiger partial charge in [-0.25, -0.2) is 8.42 Å². The number of carbonyl (C=O) groups excluding carboxylic acids is 1. The van der Waals surface area contributed by atoms with Gasteiger partial charge in [-0.3, -0.25) is 14.2 Å². The number of aromatic nitrogens is 1. The largest absolute Gasteiger partial charge is 0.326 e. The van der Waals surface area contributed by atoms with Crippen molar-refractivity contribution in [1.29, 1.82) is 0 Å². The van der Waals surface area contributed by atoms with Gasteiger partial charge in [0.1, 0.15) is 0 Å². The number of nitrogens with zero attached hydrogens (tertiary/aromatic N) is 2. The first-order valence-corrected chi connectivity index (χ1v) is 13.0. The van der Waals surface area contributed by atoms with E-state index in [0.29, 0.717) is 24.1 Å². The molecule has 7 nitrogen and oxygen atoms in total. The average Bonchev–Trinajstić information content (AvgIpc) is 3.07. The molecule has 1 aliphatic rings. The number of rotatable bonds is 5. The normalized spacial score (nSPS) is 15.8. The van der Waals surface area contributed by atoms with Crippen LogP contribution in [-0.2, 0) is 21.4 Å². The maximum absolute atomic E-state index is 13.2. The van der Waals surface area contributed by atoms with E-state index in [2.05, 4.69) is 5.32 Å². The maximum atomic E-state index is 13.2. The molecule has 1 amide bonds. The highest BCUT2D eigenvalue weighted by molar-refractivity contribution is 7.89. The summed E-state index contributed by atoms with van der Waals surface area (Å²) in [6, 6.07) is 10.8. The van der Waals surface area contributed by atoms with Crippen LogP contribution in [0.1, 0.15) is 30.9 Å². The molecular weight excluding hydrogens is 446 g/mol. The lowest BCUT2D eigenvalue weighted by molar-refractivity contribution is -0.120. The summed E-state index contributed by atoms with van der Waals surface area (Å²) in [5.41, 5.74) is 3.69. The molecule has 1 aliphatic heterocycles. The highest BCUT2D eigenvalue weighted by atomic mass is 32.2. The van der Waals surface area contributed by atoms with Crippen molar-refractivity contribution >= 4 is 43.2 Å². The molecule has 1 N–H and O–H groups in total. The van der Waals surface area contributed by atoms with Crippen LogP contribution in [0, 0.1) is 19.8 Å². The summed E-state index contributed by atoms with van der Waals surface area (Å²) in [5, 5.41) is 2.97. The van der Waals surface area contributed by atoms with E-state index >= 15 is 0 Å². The minimum Gasteiger partial charge on any atom is -0.326 e. The Morgan fingerprint density at radius 1 is 1.09 bits per heavy atom. The van der Waals surface area contributed by atoms with Gasteiger partial charge in [0.15, 0.2) is 0 Å². The van der Waals surface area contributed by atoms with E-state index in [9.17, 15) is 18.0 Å². The topological polar surface area (TPSA) is 88.5 Å². The lowest BCUT2D eigenvalue weighted by Gasteiger charge is -2.30. The van der Waals surface area contributed by atoms with Gasteiger partial charge in [0.2, 0.25) is 15.9 Å². The number of hydrogen-bond donors (Lipinski definition) is 1. The van der Waals surface area contributed by atoms with Crippen molar-refractivity contribution in [3.05, 3.63) is 57.2 Å². The molecule has 1 fully saturated rings. The van der Waals surface area contributed by atoms with Crippen LogP contribution in [0.3, 0.4) is 0 Å². The predicted molar refractivity (Wildman–Crippen MR) is 128 cm³/mol. The van der Waals surface area contributed by atoms with Crippen molar-refractivity contribution in [2.45, 2.75) is 45.1 Å². The number of fused-ring (bicyclic) bond motifs is 1. The quantitative estimate of drug-likeness (QED) is 0.611. The minimum atomic E-state index is -3.69. The molecule has 0 bridgehead atoms. The highest BCUT2D eigenvalue weighted by Crippen LogP contribution is 2.28. The first-order valence-electron chi connectivity index (χ1n) is 10.7. The number of nitrogens with one attached hydrogen (secondary N) is 1. The number of piperidine rings is 1. The molecule has 2 aromatic carbocycles. The smallest absolute Gasteiger partial charge is 0.308 e. The van der Waals surface area contributed by atoms with E-state index in [1.165, 1.54) is 4.31 Å². The van der Waals surface area contributed by atoms with Gasteiger partial charge in [0, 0.05) is 31.2 Å². The minimum absolute atomic E-state index is 0.0702. The van der Waals surface area contributed by atoms with Gasteiger partial charge < -0.3 is 5.32 Å². The van der Waals surface area contributed by atoms with Gasteiger partial charge >= 0.3 is 4.87 Å². The number of anilines is 1. The Morgan fingerprint density at radius 2 is 1.75 bits per heavy atom. The number of sulfonamides is 1. The Balaban J connectivity index is 1.45. The van der Waals surface area contributed by atoms with E-state index in [-0.39, 0.29) is 34.7 Å². The SMILES string of the molecule is CCn1c(=O)sc2cc(S(=O)(=O)N3CCC(C(=O)Nc4cc(C)cc(C)c4)CC3)ccc21. The summed E-state index contributed by atoms with van der Waals surface area (Å²) in [7, 11) is -3.69. The molecule has 0 unspecified atom stereocenters. The summed E-state index contributed by atoms with van der Waals surface area (Å²) in [5.74, 6) is -0.298. The third-order valence-corrected chi connectivity index (χ3v) is 8.74. The van der Waals surface area contributed by atoms with E-state index < -0.39 is 10.0 Å². The molecule has 2 heterocycles. The Kier molecular flexibility index (Phi) is 6.24. The highest BCUT2D eigenvalue weighted by Gasteiger charge is 2.32. The molecular formula is C23H27N3O4S2. The summed E-state index contributed by atoms with van der Waals surface area (Å²) >= 11 is 1.06. The fourth-order valence-electron chi connectivity index (χ4n) is 4.31. The molecule has 32 heavy (non-hydrogen) atoms. The van der Waals surface area contributed by atoms with Crippen molar-refractivity contribution < 1.29 is 13.2 Å². The first-order chi connectivity index (χ1) is 15.2. The van der Waals surface area contributed by atoms with Crippen molar-refractivity contribution in [3.63, 3.8) is 0 Å². The fraction of sp³-hybridized carbons (Fsp3) is 0.391. The number of aryl methyl sites for hydroxylation is 3. The maximum Gasteiger partial charge on any atom is 0.308 e. The van der Waals surface area contributed by atoms with Crippen LogP contribution in [0.5, 0.6) is 0 Å². The molecule has 170 valence electrons. The molecule has 9 heteroatoms. The van der Waals surface area contributed by atoms with Crippen LogP contribution in [0.2, 0.25) is 0 Å². The second kappa shape index (κ2) is 8.80. The lowest BCUT2D eigenvalue weighted by atomic mass is 9.97. The molecule has 4 rings (SSSR count).